The summed E-state index contributed by atoms with van der Waals surface area (Å²) >= 11 is 3.47. The standard InChI is InChI=1S/C15H15BrN2/c1-11-6-12(7-16)8-17-15(11)18-9-13-4-2-3-5-14(13)10-18/h2-6,8H,7,9-10H2,1H3. The van der Waals surface area contributed by atoms with Crippen molar-refractivity contribution in [1.82, 2.24) is 4.98 Å². The van der Waals surface area contributed by atoms with Crippen molar-refractivity contribution in [2.24, 2.45) is 0 Å². The average molecular weight is 303 g/mol. The third-order valence-corrected chi connectivity index (χ3v) is 4.05. The molecule has 0 bridgehead atoms. The van der Waals surface area contributed by atoms with Crippen molar-refractivity contribution in [3.05, 3.63) is 58.8 Å². The van der Waals surface area contributed by atoms with Crippen LogP contribution in [0, 0.1) is 6.92 Å². The molecule has 18 heavy (non-hydrogen) atoms. The summed E-state index contributed by atoms with van der Waals surface area (Å²) in [4.78, 5) is 6.96. The maximum absolute atomic E-state index is 4.61. The first kappa shape index (κ1) is 11.7. The fourth-order valence-electron chi connectivity index (χ4n) is 2.51. The number of hydrogen-bond donors (Lipinski definition) is 0. The third kappa shape index (κ3) is 2.03. The fourth-order valence-corrected chi connectivity index (χ4v) is 2.82. The van der Waals surface area contributed by atoms with Crippen molar-refractivity contribution in [3.63, 3.8) is 0 Å². The van der Waals surface area contributed by atoms with Gasteiger partial charge < -0.3 is 4.90 Å². The predicted octanol–water partition coefficient (Wildman–Crippen LogP) is 3.81. The number of aryl methyl sites for hydroxylation is 1. The lowest BCUT2D eigenvalue weighted by Gasteiger charge is -2.19. The molecule has 0 aliphatic carbocycles. The molecule has 1 aliphatic rings. The van der Waals surface area contributed by atoms with E-state index in [2.05, 4.69) is 63.1 Å². The minimum atomic E-state index is 0.862. The molecule has 0 saturated carbocycles. The van der Waals surface area contributed by atoms with Crippen LogP contribution >= 0.6 is 15.9 Å². The quantitative estimate of drug-likeness (QED) is 0.784. The molecule has 1 aromatic carbocycles. The number of nitrogens with zero attached hydrogens (tertiary/aromatic N) is 2. The van der Waals surface area contributed by atoms with Crippen LogP contribution < -0.4 is 4.90 Å². The van der Waals surface area contributed by atoms with E-state index in [0.29, 0.717) is 0 Å². The first-order valence-electron chi connectivity index (χ1n) is 6.11. The van der Waals surface area contributed by atoms with E-state index in [1.165, 1.54) is 22.3 Å². The van der Waals surface area contributed by atoms with Gasteiger partial charge in [-0.05, 0) is 29.2 Å². The Morgan fingerprint density at radius 1 is 1.22 bits per heavy atom. The normalized spacial score (nSPS) is 13.8. The Balaban J connectivity index is 1.90. The van der Waals surface area contributed by atoms with Gasteiger partial charge in [0.2, 0.25) is 0 Å². The Hall–Kier alpha value is -1.35. The van der Waals surface area contributed by atoms with Crippen LogP contribution in [0.2, 0.25) is 0 Å². The molecule has 0 saturated heterocycles. The van der Waals surface area contributed by atoms with Crippen LogP contribution in [0.1, 0.15) is 22.3 Å². The predicted molar refractivity (Wildman–Crippen MR) is 77.9 cm³/mol. The maximum Gasteiger partial charge on any atom is 0.132 e. The minimum Gasteiger partial charge on any atom is -0.348 e. The molecule has 3 rings (SSSR count). The zero-order chi connectivity index (χ0) is 12.5. The molecule has 0 radical (unpaired) electrons. The molecule has 2 heterocycles. The first-order valence-corrected chi connectivity index (χ1v) is 7.23. The molecule has 0 atom stereocenters. The second kappa shape index (κ2) is 4.73. The van der Waals surface area contributed by atoms with Gasteiger partial charge in [-0.15, -0.1) is 0 Å². The van der Waals surface area contributed by atoms with E-state index in [-0.39, 0.29) is 0 Å². The van der Waals surface area contributed by atoms with Crippen LogP contribution in [0.5, 0.6) is 0 Å². The molecule has 1 aliphatic heterocycles. The second-order valence-electron chi connectivity index (χ2n) is 4.74. The summed E-state index contributed by atoms with van der Waals surface area (Å²) in [7, 11) is 0. The number of benzene rings is 1. The molecule has 0 amide bonds. The van der Waals surface area contributed by atoms with Crippen LogP contribution in [0.25, 0.3) is 0 Å². The van der Waals surface area contributed by atoms with Crippen LogP contribution in [0.15, 0.2) is 36.5 Å². The summed E-state index contributed by atoms with van der Waals surface area (Å²) in [5.41, 5.74) is 5.32. The summed E-state index contributed by atoms with van der Waals surface area (Å²) in [5, 5.41) is 0.862. The van der Waals surface area contributed by atoms with Gasteiger partial charge in [0.1, 0.15) is 5.82 Å². The summed E-state index contributed by atoms with van der Waals surface area (Å²) < 4.78 is 0. The average Bonchev–Trinajstić information content (AvgIpc) is 2.81. The number of aromatic nitrogens is 1. The highest BCUT2D eigenvalue weighted by Crippen LogP contribution is 2.29. The Labute approximate surface area is 116 Å². The van der Waals surface area contributed by atoms with Crippen molar-refractivity contribution in [1.29, 1.82) is 0 Å². The number of hydrogen-bond acceptors (Lipinski definition) is 2. The van der Waals surface area contributed by atoms with Gasteiger partial charge in [0.25, 0.3) is 0 Å². The molecular weight excluding hydrogens is 288 g/mol. The van der Waals surface area contributed by atoms with Crippen molar-refractivity contribution >= 4 is 21.7 Å². The maximum atomic E-state index is 4.61. The number of pyridine rings is 1. The van der Waals surface area contributed by atoms with E-state index in [4.69, 9.17) is 0 Å². The van der Waals surface area contributed by atoms with E-state index in [1.54, 1.807) is 0 Å². The molecule has 0 N–H and O–H groups in total. The highest BCUT2D eigenvalue weighted by atomic mass is 79.9. The van der Waals surface area contributed by atoms with Crippen molar-refractivity contribution in [2.45, 2.75) is 25.3 Å². The van der Waals surface area contributed by atoms with Crippen molar-refractivity contribution in [2.75, 3.05) is 4.90 Å². The van der Waals surface area contributed by atoms with Crippen LogP contribution in [-0.4, -0.2) is 4.98 Å². The van der Waals surface area contributed by atoms with Crippen LogP contribution in [0.3, 0.4) is 0 Å². The molecular formula is C15H15BrN2. The lowest BCUT2D eigenvalue weighted by atomic mass is 10.1. The lowest BCUT2D eigenvalue weighted by Crippen LogP contribution is -2.17. The molecule has 0 unspecified atom stereocenters. The zero-order valence-corrected chi connectivity index (χ0v) is 11.9. The van der Waals surface area contributed by atoms with Gasteiger partial charge in [-0.25, -0.2) is 4.98 Å². The fraction of sp³-hybridized carbons (Fsp3) is 0.267. The SMILES string of the molecule is Cc1cc(CBr)cnc1N1Cc2ccccc2C1. The van der Waals surface area contributed by atoms with Gasteiger partial charge in [-0.1, -0.05) is 46.3 Å². The smallest absolute Gasteiger partial charge is 0.132 e. The van der Waals surface area contributed by atoms with E-state index >= 15 is 0 Å². The molecule has 92 valence electrons. The van der Waals surface area contributed by atoms with E-state index in [1.807, 2.05) is 6.20 Å². The topological polar surface area (TPSA) is 16.1 Å². The summed E-state index contributed by atoms with van der Waals surface area (Å²) in [6, 6.07) is 10.8. The van der Waals surface area contributed by atoms with E-state index in [9.17, 15) is 0 Å². The highest BCUT2D eigenvalue weighted by Gasteiger charge is 2.20. The van der Waals surface area contributed by atoms with Crippen LogP contribution in [-0.2, 0) is 18.4 Å². The molecule has 2 nitrogen and oxygen atoms in total. The van der Waals surface area contributed by atoms with Gasteiger partial charge in [0.15, 0.2) is 0 Å². The number of fused-ring (bicyclic) bond motifs is 1. The molecule has 3 heteroatoms. The van der Waals surface area contributed by atoms with Gasteiger partial charge in [0, 0.05) is 24.6 Å². The Kier molecular flexibility index (Phi) is 3.08. The number of alkyl halides is 1. The lowest BCUT2D eigenvalue weighted by molar-refractivity contribution is 0.849. The van der Waals surface area contributed by atoms with Crippen LogP contribution in [0.4, 0.5) is 5.82 Å². The Morgan fingerprint density at radius 2 is 1.89 bits per heavy atom. The van der Waals surface area contributed by atoms with E-state index in [0.717, 1.165) is 24.2 Å². The highest BCUT2D eigenvalue weighted by molar-refractivity contribution is 9.08. The largest absolute Gasteiger partial charge is 0.348 e. The second-order valence-corrected chi connectivity index (χ2v) is 5.30. The Morgan fingerprint density at radius 3 is 2.44 bits per heavy atom. The summed E-state index contributed by atoms with van der Waals surface area (Å²) in [6.45, 7) is 4.08. The molecule has 0 spiro atoms. The van der Waals surface area contributed by atoms with Gasteiger partial charge >= 0.3 is 0 Å². The summed E-state index contributed by atoms with van der Waals surface area (Å²) in [5.74, 6) is 1.11. The Bertz CT molecular complexity index is 555. The summed E-state index contributed by atoms with van der Waals surface area (Å²) in [6.07, 6.45) is 1.96. The molecule has 2 aromatic rings. The molecule has 0 fully saturated rings. The monoisotopic (exact) mass is 302 g/mol. The van der Waals surface area contributed by atoms with Gasteiger partial charge in [-0.3, -0.25) is 0 Å². The van der Waals surface area contributed by atoms with Gasteiger partial charge in [-0.2, -0.15) is 0 Å². The first-order chi connectivity index (χ1) is 8.78. The third-order valence-electron chi connectivity index (χ3n) is 3.40. The van der Waals surface area contributed by atoms with Crippen molar-refractivity contribution < 1.29 is 0 Å². The number of halogens is 1. The van der Waals surface area contributed by atoms with Crippen molar-refractivity contribution in [3.8, 4) is 0 Å². The number of anilines is 1. The van der Waals surface area contributed by atoms with Gasteiger partial charge in [0.05, 0.1) is 0 Å². The zero-order valence-electron chi connectivity index (χ0n) is 10.4. The number of rotatable bonds is 2. The minimum absolute atomic E-state index is 0.862. The molecule has 1 aromatic heterocycles. The van der Waals surface area contributed by atoms with E-state index < -0.39 is 0 Å².